The van der Waals surface area contributed by atoms with Crippen LogP contribution in [0, 0.1) is 13.8 Å². The van der Waals surface area contributed by atoms with Gasteiger partial charge in [-0.2, -0.15) is 5.10 Å². The maximum atomic E-state index is 12.7. The molecule has 0 N–H and O–H groups in total. The molecule has 3 aromatic heterocycles. The van der Waals surface area contributed by atoms with Crippen molar-refractivity contribution >= 4 is 28.9 Å². The van der Waals surface area contributed by atoms with Gasteiger partial charge in [0.25, 0.3) is 0 Å². The molecule has 0 saturated heterocycles. The molecule has 0 spiro atoms. The van der Waals surface area contributed by atoms with Crippen LogP contribution in [0.4, 0.5) is 0 Å². The molecule has 0 unspecified atom stereocenters. The molecule has 5 nitrogen and oxygen atoms in total. The fourth-order valence-electron chi connectivity index (χ4n) is 3.05. The molecule has 1 aliphatic rings. The third kappa shape index (κ3) is 3.39. The van der Waals surface area contributed by atoms with Crippen molar-refractivity contribution in [1.82, 2.24) is 19.7 Å². The number of aryl methyl sites for hydroxylation is 1. The van der Waals surface area contributed by atoms with E-state index in [1.165, 1.54) is 30.3 Å². The van der Waals surface area contributed by atoms with Gasteiger partial charge in [0.15, 0.2) is 5.78 Å². The summed E-state index contributed by atoms with van der Waals surface area (Å²) in [6.45, 7) is 4.12. The van der Waals surface area contributed by atoms with Crippen LogP contribution in [0.5, 0.6) is 0 Å². The molecular formula is C18H18N4OS2. The van der Waals surface area contributed by atoms with Crippen LogP contribution in [0.1, 0.15) is 40.6 Å². The van der Waals surface area contributed by atoms with Crippen molar-refractivity contribution in [3.63, 3.8) is 0 Å². The lowest BCUT2D eigenvalue weighted by atomic mass is 10.2. The molecule has 0 aliphatic heterocycles. The van der Waals surface area contributed by atoms with Gasteiger partial charge in [0.2, 0.25) is 5.16 Å². The number of thioether (sulfide) groups is 1. The molecule has 0 radical (unpaired) electrons. The molecule has 1 fully saturated rings. The Hall–Kier alpha value is -1.99. The van der Waals surface area contributed by atoms with E-state index in [1.54, 1.807) is 17.5 Å². The molecule has 25 heavy (non-hydrogen) atoms. The SMILES string of the molecule is Cc1cc(C(=O)CSc2nncc(-c3cccs3)n2)c(C)n1C1CC1. The summed E-state index contributed by atoms with van der Waals surface area (Å²) in [6.07, 6.45) is 4.09. The summed E-state index contributed by atoms with van der Waals surface area (Å²) in [5.41, 5.74) is 3.87. The van der Waals surface area contributed by atoms with Gasteiger partial charge in [-0.1, -0.05) is 17.8 Å². The fourth-order valence-corrected chi connectivity index (χ4v) is 4.42. The second-order valence-corrected chi connectivity index (χ2v) is 8.09. The van der Waals surface area contributed by atoms with Crippen LogP contribution in [-0.4, -0.2) is 31.3 Å². The minimum absolute atomic E-state index is 0.120. The molecule has 4 rings (SSSR count). The Morgan fingerprint density at radius 3 is 2.96 bits per heavy atom. The van der Waals surface area contributed by atoms with Crippen LogP contribution in [0.2, 0.25) is 0 Å². The van der Waals surface area contributed by atoms with Crippen LogP contribution >= 0.6 is 23.1 Å². The lowest BCUT2D eigenvalue weighted by molar-refractivity contribution is 0.102. The van der Waals surface area contributed by atoms with Crippen LogP contribution in [0.15, 0.2) is 34.9 Å². The number of carbonyl (C=O) groups excluding carboxylic acids is 1. The normalized spacial score (nSPS) is 14.0. The standard InChI is InChI=1S/C18H18N4OS2/c1-11-8-14(12(2)22(11)13-5-6-13)16(23)10-25-18-20-15(9-19-21-18)17-4-3-7-24-17/h3-4,7-9,13H,5-6,10H2,1-2H3. The van der Waals surface area contributed by atoms with E-state index in [0.29, 0.717) is 17.0 Å². The molecule has 0 amide bonds. The Labute approximate surface area is 154 Å². The minimum atomic E-state index is 0.120. The Morgan fingerprint density at radius 1 is 1.40 bits per heavy atom. The Bertz CT molecular complexity index is 913. The van der Waals surface area contributed by atoms with Gasteiger partial charge in [0, 0.05) is 23.0 Å². The predicted molar refractivity (Wildman–Crippen MR) is 100 cm³/mol. The lowest BCUT2D eigenvalue weighted by Crippen LogP contribution is -2.06. The summed E-state index contributed by atoms with van der Waals surface area (Å²) < 4.78 is 2.30. The molecular weight excluding hydrogens is 352 g/mol. The second kappa shape index (κ2) is 6.72. The van der Waals surface area contributed by atoms with E-state index in [9.17, 15) is 4.79 Å². The Morgan fingerprint density at radius 2 is 2.24 bits per heavy atom. The molecule has 128 valence electrons. The first-order valence-electron chi connectivity index (χ1n) is 8.21. The molecule has 0 atom stereocenters. The largest absolute Gasteiger partial charge is 0.345 e. The fraction of sp³-hybridized carbons (Fsp3) is 0.333. The van der Waals surface area contributed by atoms with Crippen molar-refractivity contribution in [2.75, 3.05) is 5.75 Å². The van der Waals surface area contributed by atoms with E-state index in [1.807, 2.05) is 30.5 Å². The van der Waals surface area contributed by atoms with Crippen LogP contribution in [-0.2, 0) is 0 Å². The van der Waals surface area contributed by atoms with Gasteiger partial charge >= 0.3 is 0 Å². The third-order valence-electron chi connectivity index (χ3n) is 4.34. The first-order chi connectivity index (χ1) is 12.1. The van der Waals surface area contributed by atoms with Gasteiger partial charge < -0.3 is 4.57 Å². The maximum absolute atomic E-state index is 12.7. The van der Waals surface area contributed by atoms with Gasteiger partial charge in [-0.3, -0.25) is 4.79 Å². The summed E-state index contributed by atoms with van der Waals surface area (Å²) in [7, 11) is 0. The average Bonchev–Trinajstić information content (AvgIpc) is 3.19. The number of Topliss-reactive ketones (excluding diaryl/α,β-unsaturated/α-hetero) is 1. The summed E-state index contributed by atoms with van der Waals surface area (Å²) in [4.78, 5) is 18.2. The predicted octanol–water partition coefficient (Wildman–Crippen LogP) is 4.33. The average molecular weight is 371 g/mol. The van der Waals surface area contributed by atoms with E-state index >= 15 is 0 Å². The minimum Gasteiger partial charge on any atom is -0.345 e. The monoisotopic (exact) mass is 370 g/mol. The zero-order valence-electron chi connectivity index (χ0n) is 14.1. The number of thiophene rings is 1. The van der Waals surface area contributed by atoms with E-state index in [2.05, 4.69) is 26.7 Å². The summed E-state index contributed by atoms with van der Waals surface area (Å²) >= 11 is 2.96. The van der Waals surface area contributed by atoms with E-state index < -0.39 is 0 Å². The number of carbonyl (C=O) groups is 1. The zero-order valence-corrected chi connectivity index (χ0v) is 15.7. The highest BCUT2D eigenvalue weighted by molar-refractivity contribution is 7.99. The third-order valence-corrected chi connectivity index (χ3v) is 6.07. The van der Waals surface area contributed by atoms with Crippen molar-refractivity contribution in [1.29, 1.82) is 0 Å². The second-order valence-electron chi connectivity index (χ2n) is 6.20. The summed E-state index contributed by atoms with van der Waals surface area (Å²) in [5, 5.41) is 10.6. The number of hydrogen-bond donors (Lipinski definition) is 0. The molecule has 7 heteroatoms. The lowest BCUT2D eigenvalue weighted by Gasteiger charge is -2.07. The zero-order chi connectivity index (χ0) is 17.4. The van der Waals surface area contributed by atoms with Crippen LogP contribution < -0.4 is 0 Å². The van der Waals surface area contributed by atoms with Crippen LogP contribution in [0.25, 0.3) is 10.6 Å². The molecule has 3 aromatic rings. The highest BCUT2D eigenvalue weighted by atomic mass is 32.2. The topological polar surface area (TPSA) is 60.7 Å². The van der Waals surface area contributed by atoms with Crippen LogP contribution in [0.3, 0.4) is 0 Å². The van der Waals surface area contributed by atoms with Crippen molar-refractivity contribution in [2.45, 2.75) is 37.9 Å². The van der Waals surface area contributed by atoms with Crippen molar-refractivity contribution in [3.05, 3.63) is 46.7 Å². The van der Waals surface area contributed by atoms with E-state index in [-0.39, 0.29) is 5.78 Å². The number of rotatable bonds is 6. The molecule has 0 bridgehead atoms. The van der Waals surface area contributed by atoms with E-state index in [0.717, 1.165) is 21.8 Å². The smallest absolute Gasteiger partial charge is 0.210 e. The van der Waals surface area contributed by atoms with Gasteiger partial charge in [-0.15, -0.1) is 16.4 Å². The number of ketones is 1. The van der Waals surface area contributed by atoms with Gasteiger partial charge in [0.1, 0.15) is 5.69 Å². The maximum Gasteiger partial charge on any atom is 0.210 e. The highest BCUT2D eigenvalue weighted by Gasteiger charge is 2.28. The van der Waals surface area contributed by atoms with Gasteiger partial charge in [-0.05, 0) is 44.2 Å². The summed E-state index contributed by atoms with van der Waals surface area (Å²) in [5.74, 6) is 0.444. The quantitative estimate of drug-likeness (QED) is 0.477. The van der Waals surface area contributed by atoms with Crippen molar-refractivity contribution in [2.24, 2.45) is 0 Å². The van der Waals surface area contributed by atoms with Gasteiger partial charge in [0.05, 0.1) is 16.8 Å². The molecule has 1 saturated carbocycles. The molecule has 1 aliphatic carbocycles. The first-order valence-corrected chi connectivity index (χ1v) is 10.1. The number of nitrogens with zero attached hydrogens (tertiary/aromatic N) is 4. The molecule has 3 heterocycles. The Kier molecular flexibility index (Phi) is 4.43. The first kappa shape index (κ1) is 16.5. The van der Waals surface area contributed by atoms with Crippen molar-refractivity contribution in [3.8, 4) is 10.6 Å². The highest BCUT2D eigenvalue weighted by Crippen LogP contribution is 2.38. The number of hydrogen-bond acceptors (Lipinski definition) is 6. The number of aromatic nitrogens is 4. The Balaban J connectivity index is 1.47. The summed E-state index contributed by atoms with van der Waals surface area (Å²) in [6, 6.07) is 6.58. The van der Waals surface area contributed by atoms with E-state index in [4.69, 9.17) is 0 Å². The van der Waals surface area contributed by atoms with Gasteiger partial charge in [-0.25, -0.2) is 4.98 Å². The van der Waals surface area contributed by atoms with Crippen molar-refractivity contribution < 1.29 is 4.79 Å². The molecule has 0 aromatic carbocycles.